The van der Waals surface area contributed by atoms with Crippen molar-refractivity contribution >= 4 is 22.7 Å². The van der Waals surface area contributed by atoms with E-state index in [1.165, 1.54) is 23.8 Å². The quantitative estimate of drug-likeness (QED) is 0.687. The Morgan fingerprint density at radius 1 is 1.00 bits per heavy atom. The molecule has 0 aliphatic carbocycles. The van der Waals surface area contributed by atoms with Crippen molar-refractivity contribution in [1.29, 1.82) is 0 Å². The third kappa shape index (κ3) is 4.25. The molecule has 1 aromatic heterocycles. The first-order valence-corrected chi connectivity index (χ1v) is 10.2. The van der Waals surface area contributed by atoms with Gasteiger partial charge in [-0.15, -0.1) is 11.8 Å². The number of nitrogens with zero attached hydrogens (tertiary/aromatic N) is 1. The zero-order chi connectivity index (χ0) is 17.8. The predicted octanol–water partition coefficient (Wildman–Crippen LogP) is 5.00. The van der Waals surface area contributed by atoms with Crippen molar-refractivity contribution in [2.24, 2.45) is 0 Å². The molecule has 2 aromatic carbocycles. The highest BCUT2D eigenvalue weighted by molar-refractivity contribution is 7.99. The lowest BCUT2D eigenvalue weighted by molar-refractivity contribution is 0.531. The first kappa shape index (κ1) is 17.5. The minimum atomic E-state index is -0.178. The number of rotatable bonds is 5. The van der Waals surface area contributed by atoms with Crippen LogP contribution in [0.5, 0.6) is 0 Å². The molecular formula is C22H23FN2S. The molecule has 2 heterocycles. The standard InChI is InChI=1S/C22H23FN2S/c23-19-9-6-16(7-10-19)5-8-18-15-17-3-1-2-4-21(17)25-22(18)26-20-11-13-24-14-12-20/h1-4,6-7,9-10,15,20,24H,5,8,11-14H2. The number of aromatic nitrogens is 1. The maximum absolute atomic E-state index is 13.1. The Morgan fingerprint density at radius 3 is 2.58 bits per heavy atom. The second kappa shape index (κ2) is 8.19. The van der Waals surface area contributed by atoms with E-state index in [2.05, 4.69) is 29.6 Å². The molecule has 1 aliphatic heterocycles. The van der Waals surface area contributed by atoms with E-state index in [4.69, 9.17) is 4.98 Å². The van der Waals surface area contributed by atoms with Gasteiger partial charge >= 0.3 is 0 Å². The summed E-state index contributed by atoms with van der Waals surface area (Å²) in [6.45, 7) is 2.19. The maximum atomic E-state index is 13.1. The summed E-state index contributed by atoms with van der Waals surface area (Å²) in [4.78, 5) is 4.98. The highest BCUT2D eigenvalue weighted by Gasteiger charge is 2.17. The van der Waals surface area contributed by atoms with Crippen LogP contribution in [0.2, 0.25) is 0 Å². The Labute approximate surface area is 158 Å². The number of pyridine rings is 1. The van der Waals surface area contributed by atoms with Gasteiger partial charge in [0.15, 0.2) is 0 Å². The van der Waals surface area contributed by atoms with Crippen molar-refractivity contribution in [3.8, 4) is 0 Å². The van der Waals surface area contributed by atoms with E-state index in [9.17, 15) is 4.39 Å². The Morgan fingerprint density at radius 2 is 1.77 bits per heavy atom. The van der Waals surface area contributed by atoms with Crippen LogP contribution in [-0.2, 0) is 12.8 Å². The highest BCUT2D eigenvalue weighted by Crippen LogP contribution is 2.32. The highest BCUT2D eigenvalue weighted by atomic mass is 32.2. The van der Waals surface area contributed by atoms with Gasteiger partial charge in [0.05, 0.1) is 5.52 Å². The van der Waals surface area contributed by atoms with E-state index < -0.39 is 0 Å². The molecule has 4 rings (SSSR count). The fourth-order valence-electron chi connectivity index (χ4n) is 3.42. The summed E-state index contributed by atoms with van der Waals surface area (Å²) in [7, 11) is 0. The van der Waals surface area contributed by atoms with Crippen LogP contribution in [0, 0.1) is 5.82 Å². The molecule has 2 nitrogen and oxygen atoms in total. The number of hydrogen-bond donors (Lipinski definition) is 1. The molecule has 0 amide bonds. The monoisotopic (exact) mass is 366 g/mol. The first-order chi connectivity index (χ1) is 12.8. The van der Waals surface area contributed by atoms with Crippen molar-refractivity contribution in [1.82, 2.24) is 10.3 Å². The van der Waals surface area contributed by atoms with Crippen LogP contribution in [0.15, 0.2) is 59.6 Å². The second-order valence-corrected chi connectivity index (χ2v) is 8.13. The Kier molecular flexibility index (Phi) is 5.51. The van der Waals surface area contributed by atoms with Crippen molar-refractivity contribution in [2.75, 3.05) is 13.1 Å². The smallest absolute Gasteiger partial charge is 0.123 e. The minimum Gasteiger partial charge on any atom is -0.317 e. The molecule has 134 valence electrons. The lowest BCUT2D eigenvalue weighted by Gasteiger charge is -2.23. The molecule has 3 aromatic rings. The lowest BCUT2D eigenvalue weighted by Crippen LogP contribution is -2.29. The third-order valence-electron chi connectivity index (χ3n) is 4.92. The number of aryl methyl sites for hydroxylation is 2. The summed E-state index contributed by atoms with van der Waals surface area (Å²) in [5.41, 5.74) is 3.53. The SMILES string of the molecule is Fc1ccc(CCc2cc3ccccc3nc2SC2CCNCC2)cc1. The molecule has 0 atom stereocenters. The fourth-order valence-corrected chi connectivity index (χ4v) is 4.67. The zero-order valence-electron chi connectivity index (χ0n) is 14.7. The van der Waals surface area contributed by atoms with Crippen LogP contribution in [0.4, 0.5) is 4.39 Å². The summed E-state index contributed by atoms with van der Waals surface area (Å²) >= 11 is 1.93. The fraction of sp³-hybridized carbons (Fsp3) is 0.318. The van der Waals surface area contributed by atoms with E-state index in [1.807, 2.05) is 30.0 Å². The number of thioether (sulfide) groups is 1. The molecule has 0 unspecified atom stereocenters. The second-order valence-electron chi connectivity index (χ2n) is 6.84. The summed E-state index contributed by atoms with van der Waals surface area (Å²) in [5, 5.41) is 6.42. The number of halogens is 1. The van der Waals surface area contributed by atoms with Crippen LogP contribution >= 0.6 is 11.8 Å². The number of hydrogen-bond acceptors (Lipinski definition) is 3. The van der Waals surface area contributed by atoms with Crippen molar-refractivity contribution in [2.45, 2.75) is 36.0 Å². The van der Waals surface area contributed by atoms with Crippen LogP contribution in [0.3, 0.4) is 0 Å². The lowest BCUT2D eigenvalue weighted by atomic mass is 10.0. The van der Waals surface area contributed by atoms with Gasteiger partial charge in [0.25, 0.3) is 0 Å². The van der Waals surface area contributed by atoms with Crippen LogP contribution in [0.1, 0.15) is 24.0 Å². The normalized spacial score (nSPS) is 15.4. The molecular weight excluding hydrogens is 343 g/mol. The molecule has 26 heavy (non-hydrogen) atoms. The summed E-state index contributed by atoms with van der Waals surface area (Å²) in [6, 6.07) is 17.5. The van der Waals surface area contributed by atoms with Gasteiger partial charge < -0.3 is 5.32 Å². The van der Waals surface area contributed by atoms with Gasteiger partial charge in [0, 0.05) is 10.6 Å². The number of nitrogens with one attached hydrogen (secondary N) is 1. The molecule has 1 aliphatic rings. The van der Waals surface area contributed by atoms with Crippen LogP contribution < -0.4 is 5.32 Å². The van der Waals surface area contributed by atoms with Gasteiger partial charge in [-0.1, -0.05) is 30.3 Å². The Balaban J connectivity index is 1.59. The largest absolute Gasteiger partial charge is 0.317 e. The van der Waals surface area contributed by atoms with Gasteiger partial charge in [-0.2, -0.15) is 0 Å². The van der Waals surface area contributed by atoms with Gasteiger partial charge in [-0.3, -0.25) is 0 Å². The Bertz CT molecular complexity index is 873. The van der Waals surface area contributed by atoms with Gasteiger partial charge in [0.2, 0.25) is 0 Å². The van der Waals surface area contributed by atoms with Crippen LogP contribution in [-0.4, -0.2) is 23.3 Å². The van der Waals surface area contributed by atoms with Crippen molar-refractivity contribution < 1.29 is 4.39 Å². The van der Waals surface area contributed by atoms with Gasteiger partial charge in [-0.25, -0.2) is 9.37 Å². The molecule has 1 fully saturated rings. The maximum Gasteiger partial charge on any atom is 0.123 e. The molecule has 0 bridgehead atoms. The van der Waals surface area contributed by atoms with Gasteiger partial charge in [0.1, 0.15) is 10.8 Å². The molecule has 0 spiro atoms. The number of para-hydroxylation sites is 1. The molecule has 1 N–H and O–H groups in total. The molecule has 4 heteroatoms. The first-order valence-electron chi connectivity index (χ1n) is 9.28. The van der Waals surface area contributed by atoms with E-state index in [1.54, 1.807) is 12.1 Å². The Hall–Kier alpha value is -1.91. The van der Waals surface area contributed by atoms with Crippen molar-refractivity contribution in [3.63, 3.8) is 0 Å². The minimum absolute atomic E-state index is 0.178. The average Bonchev–Trinajstić information content (AvgIpc) is 2.68. The molecule has 0 saturated carbocycles. The van der Waals surface area contributed by atoms with E-state index >= 15 is 0 Å². The molecule has 0 radical (unpaired) electrons. The third-order valence-corrected chi connectivity index (χ3v) is 6.31. The van der Waals surface area contributed by atoms with Gasteiger partial charge in [-0.05, 0) is 74.2 Å². The topological polar surface area (TPSA) is 24.9 Å². The summed E-state index contributed by atoms with van der Waals surface area (Å²) in [5.74, 6) is -0.178. The molecule has 1 saturated heterocycles. The average molecular weight is 367 g/mol. The predicted molar refractivity (Wildman–Crippen MR) is 107 cm³/mol. The number of benzene rings is 2. The number of piperidine rings is 1. The number of fused-ring (bicyclic) bond motifs is 1. The zero-order valence-corrected chi connectivity index (χ0v) is 15.6. The van der Waals surface area contributed by atoms with E-state index in [-0.39, 0.29) is 5.82 Å². The van der Waals surface area contributed by atoms with E-state index in [0.29, 0.717) is 5.25 Å². The van der Waals surface area contributed by atoms with Crippen LogP contribution in [0.25, 0.3) is 10.9 Å². The summed E-state index contributed by atoms with van der Waals surface area (Å²) < 4.78 is 13.1. The van der Waals surface area contributed by atoms with Crippen molar-refractivity contribution in [3.05, 3.63) is 71.5 Å². The summed E-state index contributed by atoms with van der Waals surface area (Å²) in [6.07, 6.45) is 4.21. The van der Waals surface area contributed by atoms with E-state index in [0.717, 1.165) is 42.0 Å².